The van der Waals surface area contributed by atoms with Crippen LogP contribution in [0.15, 0.2) is 0 Å². The van der Waals surface area contributed by atoms with Gasteiger partial charge in [-0.05, 0) is 45.3 Å². The summed E-state index contributed by atoms with van der Waals surface area (Å²) in [5.41, 5.74) is 0. The molecule has 1 atom stereocenters. The molecule has 0 aromatic rings. The second-order valence-corrected chi connectivity index (χ2v) is 4.10. The van der Waals surface area contributed by atoms with Crippen LogP contribution >= 0.6 is 0 Å². The Hall–Kier alpha value is -0.0800. The van der Waals surface area contributed by atoms with Gasteiger partial charge in [0.15, 0.2) is 0 Å². The number of nitrogens with zero attached hydrogens (tertiary/aromatic N) is 1. The first-order valence-electron chi connectivity index (χ1n) is 4.76. The van der Waals surface area contributed by atoms with Gasteiger partial charge in [0.1, 0.15) is 0 Å². The van der Waals surface area contributed by atoms with Crippen molar-refractivity contribution in [3.63, 3.8) is 0 Å². The van der Waals surface area contributed by atoms with Crippen LogP contribution < -0.4 is 5.32 Å². The SMILES string of the molecule is CN1CC[C@@H](CNC2CC2)C1. The highest BCUT2D eigenvalue weighted by Gasteiger charge is 2.24. The highest BCUT2D eigenvalue weighted by molar-refractivity contribution is 4.83. The molecule has 0 aromatic carbocycles. The van der Waals surface area contributed by atoms with Crippen LogP contribution in [-0.2, 0) is 0 Å². The van der Waals surface area contributed by atoms with Crippen molar-refractivity contribution in [2.75, 3.05) is 26.7 Å². The molecule has 0 spiro atoms. The molecule has 64 valence electrons. The molecular formula is C9H18N2. The third-order valence-electron chi connectivity index (χ3n) is 2.76. The van der Waals surface area contributed by atoms with Crippen molar-refractivity contribution in [3.05, 3.63) is 0 Å². The molecule has 1 N–H and O–H groups in total. The second-order valence-electron chi connectivity index (χ2n) is 4.10. The lowest BCUT2D eigenvalue weighted by molar-refractivity contribution is 0.388. The molecule has 1 heterocycles. The molecule has 1 aliphatic heterocycles. The number of hydrogen-bond donors (Lipinski definition) is 1. The summed E-state index contributed by atoms with van der Waals surface area (Å²) < 4.78 is 0. The van der Waals surface area contributed by atoms with Gasteiger partial charge < -0.3 is 10.2 Å². The topological polar surface area (TPSA) is 15.3 Å². The maximum absolute atomic E-state index is 3.59. The van der Waals surface area contributed by atoms with Gasteiger partial charge in [0.05, 0.1) is 0 Å². The van der Waals surface area contributed by atoms with E-state index in [1.54, 1.807) is 0 Å². The summed E-state index contributed by atoms with van der Waals surface area (Å²) >= 11 is 0. The van der Waals surface area contributed by atoms with Crippen molar-refractivity contribution >= 4 is 0 Å². The van der Waals surface area contributed by atoms with Gasteiger partial charge in [-0.25, -0.2) is 0 Å². The quantitative estimate of drug-likeness (QED) is 0.643. The lowest BCUT2D eigenvalue weighted by Gasteiger charge is -2.10. The zero-order chi connectivity index (χ0) is 7.68. The fraction of sp³-hybridized carbons (Fsp3) is 1.00. The van der Waals surface area contributed by atoms with E-state index >= 15 is 0 Å². The van der Waals surface area contributed by atoms with Crippen molar-refractivity contribution in [3.8, 4) is 0 Å². The number of hydrogen-bond acceptors (Lipinski definition) is 2. The van der Waals surface area contributed by atoms with Crippen molar-refractivity contribution in [2.45, 2.75) is 25.3 Å². The molecule has 2 rings (SSSR count). The van der Waals surface area contributed by atoms with E-state index in [1.807, 2.05) is 0 Å². The lowest BCUT2D eigenvalue weighted by Crippen LogP contribution is -2.26. The predicted molar refractivity (Wildman–Crippen MR) is 46.6 cm³/mol. The van der Waals surface area contributed by atoms with E-state index in [4.69, 9.17) is 0 Å². The molecule has 0 unspecified atom stereocenters. The molecular weight excluding hydrogens is 136 g/mol. The van der Waals surface area contributed by atoms with Gasteiger partial charge in [-0.15, -0.1) is 0 Å². The first-order chi connectivity index (χ1) is 5.34. The van der Waals surface area contributed by atoms with Crippen molar-refractivity contribution in [2.24, 2.45) is 5.92 Å². The summed E-state index contributed by atoms with van der Waals surface area (Å²) in [7, 11) is 2.22. The second kappa shape index (κ2) is 3.11. The third kappa shape index (κ3) is 2.17. The van der Waals surface area contributed by atoms with Gasteiger partial charge in [0, 0.05) is 12.6 Å². The molecule has 0 radical (unpaired) electrons. The van der Waals surface area contributed by atoms with Gasteiger partial charge in [-0.3, -0.25) is 0 Å². The largest absolute Gasteiger partial charge is 0.314 e. The number of likely N-dealkylation sites (tertiary alicyclic amines) is 1. The summed E-state index contributed by atoms with van der Waals surface area (Å²) in [6.07, 6.45) is 4.24. The van der Waals surface area contributed by atoms with E-state index in [0.717, 1.165) is 12.0 Å². The minimum Gasteiger partial charge on any atom is -0.314 e. The minimum absolute atomic E-state index is 0.890. The predicted octanol–water partition coefficient (Wildman–Crippen LogP) is 0.690. The van der Waals surface area contributed by atoms with E-state index in [9.17, 15) is 0 Å². The Bertz CT molecular complexity index is 132. The zero-order valence-electron chi connectivity index (χ0n) is 7.34. The smallest absolute Gasteiger partial charge is 0.00683 e. The maximum atomic E-state index is 3.59. The molecule has 2 heteroatoms. The van der Waals surface area contributed by atoms with Gasteiger partial charge in [0.2, 0.25) is 0 Å². The van der Waals surface area contributed by atoms with E-state index < -0.39 is 0 Å². The van der Waals surface area contributed by atoms with Crippen molar-refractivity contribution < 1.29 is 0 Å². The Morgan fingerprint density at radius 3 is 2.73 bits per heavy atom. The third-order valence-corrected chi connectivity index (χ3v) is 2.76. The molecule has 2 nitrogen and oxygen atoms in total. The van der Waals surface area contributed by atoms with Gasteiger partial charge in [-0.2, -0.15) is 0 Å². The average Bonchev–Trinajstić information content (AvgIpc) is 2.72. The van der Waals surface area contributed by atoms with Crippen LogP contribution in [0.4, 0.5) is 0 Å². The zero-order valence-corrected chi connectivity index (χ0v) is 7.34. The van der Waals surface area contributed by atoms with Gasteiger partial charge >= 0.3 is 0 Å². The highest BCUT2D eigenvalue weighted by Crippen LogP contribution is 2.20. The highest BCUT2D eigenvalue weighted by atomic mass is 15.1. The molecule has 0 amide bonds. The molecule has 1 aliphatic carbocycles. The average molecular weight is 154 g/mol. The normalized spacial score (nSPS) is 33.0. The van der Waals surface area contributed by atoms with Crippen molar-refractivity contribution in [1.29, 1.82) is 0 Å². The standard InChI is InChI=1S/C9H18N2/c1-11-5-4-8(7-11)6-10-9-2-3-9/h8-10H,2-7H2,1H3/t8-/m0/s1. The first-order valence-corrected chi connectivity index (χ1v) is 4.76. The molecule has 1 saturated carbocycles. The Kier molecular flexibility index (Phi) is 2.14. The molecule has 1 saturated heterocycles. The molecule has 0 bridgehead atoms. The Morgan fingerprint density at radius 2 is 2.18 bits per heavy atom. The van der Waals surface area contributed by atoms with Gasteiger partial charge in [0.25, 0.3) is 0 Å². The lowest BCUT2D eigenvalue weighted by atomic mass is 10.1. The monoisotopic (exact) mass is 154 g/mol. The van der Waals surface area contributed by atoms with Crippen LogP contribution in [-0.4, -0.2) is 37.6 Å². The Balaban J connectivity index is 1.62. The van der Waals surface area contributed by atoms with Crippen LogP contribution in [0.3, 0.4) is 0 Å². The minimum atomic E-state index is 0.890. The van der Waals surface area contributed by atoms with Crippen LogP contribution in [0.1, 0.15) is 19.3 Å². The van der Waals surface area contributed by atoms with Crippen molar-refractivity contribution in [1.82, 2.24) is 10.2 Å². The molecule has 11 heavy (non-hydrogen) atoms. The van der Waals surface area contributed by atoms with E-state index in [0.29, 0.717) is 0 Å². The number of nitrogens with one attached hydrogen (secondary N) is 1. The molecule has 0 aromatic heterocycles. The Labute approximate surface area is 69.0 Å². The fourth-order valence-electron chi connectivity index (χ4n) is 1.81. The van der Waals surface area contributed by atoms with E-state index in [-0.39, 0.29) is 0 Å². The van der Waals surface area contributed by atoms with Crippen LogP contribution in [0.2, 0.25) is 0 Å². The van der Waals surface area contributed by atoms with Crippen LogP contribution in [0, 0.1) is 5.92 Å². The molecule has 2 fully saturated rings. The summed E-state index contributed by atoms with van der Waals surface area (Å²) in [5, 5.41) is 3.59. The van der Waals surface area contributed by atoms with E-state index in [1.165, 1.54) is 38.9 Å². The van der Waals surface area contributed by atoms with Gasteiger partial charge in [-0.1, -0.05) is 0 Å². The summed E-state index contributed by atoms with van der Waals surface area (Å²) in [5.74, 6) is 0.931. The first kappa shape index (κ1) is 7.56. The maximum Gasteiger partial charge on any atom is 0.00683 e. The van der Waals surface area contributed by atoms with Crippen LogP contribution in [0.5, 0.6) is 0 Å². The summed E-state index contributed by atoms with van der Waals surface area (Å²) in [6, 6.07) is 0.890. The van der Waals surface area contributed by atoms with Crippen LogP contribution in [0.25, 0.3) is 0 Å². The fourth-order valence-corrected chi connectivity index (χ4v) is 1.81. The van der Waals surface area contributed by atoms with E-state index in [2.05, 4.69) is 17.3 Å². The number of rotatable bonds is 3. The summed E-state index contributed by atoms with van der Waals surface area (Å²) in [4.78, 5) is 2.43. The molecule has 2 aliphatic rings. The Morgan fingerprint density at radius 1 is 1.36 bits per heavy atom. The summed E-state index contributed by atoms with van der Waals surface area (Å²) in [6.45, 7) is 3.87.